The fraction of sp³-hybridized carbons (Fsp3) is 0. The van der Waals surface area contributed by atoms with Gasteiger partial charge in [0.15, 0.2) is 40.7 Å². The van der Waals surface area contributed by atoms with E-state index in [2.05, 4.69) is 0 Å². The zero-order valence-electron chi connectivity index (χ0n) is 10.2. The minimum Gasteiger partial charge on any atom is -0.395 e. The van der Waals surface area contributed by atoms with Gasteiger partial charge in [0.2, 0.25) is 5.82 Å². The second-order valence-corrected chi connectivity index (χ2v) is 4.09. The molecule has 22 heavy (non-hydrogen) atoms. The molecule has 0 aromatic heterocycles. The third-order valence-corrected chi connectivity index (χ3v) is 2.85. The maximum atomic E-state index is 13.8. The number of hydrogen-bond donors (Lipinski definition) is 2. The van der Waals surface area contributed by atoms with E-state index in [0.29, 0.717) is 0 Å². The van der Waals surface area contributed by atoms with Crippen LogP contribution in [0.1, 0.15) is 0 Å². The van der Waals surface area contributed by atoms with Gasteiger partial charge in [-0.3, -0.25) is 0 Å². The summed E-state index contributed by atoms with van der Waals surface area (Å²) in [4.78, 5) is 0. The third-order valence-electron chi connectivity index (χ3n) is 2.85. The highest BCUT2D eigenvalue weighted by atomic mass is 19.2. The molecule has 0 heterocycles. The van der Waals surface area contributed by atoms with Crippen LogP contribution < -0.4 is 11.5 Å². The molecule has 0 amide bonds. The lowest BCUT2D eigenvalue weighted by Gasteiger charge is -2.13. The van der Waals surface area contributed by atoms with Crippen molar-refractivity contribution in [3.63, 3.8) is 0 Å². The molecule has 0 saturated carbocycles. The van der Waals surface area contributed by atoms with Crippen molar-refractivity contribution in [1.29, 1.82) is 0 Å². The summed E-state index contributed by atoms with van der Waals surface area (Å²) in [6.45, 7) is 0. The van der Waals surface area contributed by atoms with Gasteiger partial charge in [-0.25, -0.2) is 35.1 Å². The molecule has 0 spiro atoms. The molecule has 2 nitrogen and oxygen atoms in total. The molecule has 2 aromatic rings. The van der Waals surface area contributed by atoms with Crippen LogP contribution in [-0.4, -0.2) is 0 Å². The van der Waals surface area contributed by atoms with Crippen LogP contribution in [0.2, 0.25) is 0 Å². The van der Waals surface area contributed by atoms with Gasteiger partial charge in [-0.15, -0.1) is 0 Å². The molecule has 2 rings (SSSR count). The number of halogens is 8. The summed E-state index contributed by atoms with van der Waals surface area (Å²) >= 11 is 0. The summed E-state index contributed by atoms with van der Waals surface area (Å²) in [5.74, 6) is -18.7. The van der Waals surface area contributed by atoms with Gasteiger partial charge in [0.25, 0.3) is 0 Å². The maximum Gasteiger partial charge on any atom is 0.200 e. The molecule has 0 fully saturated rings. The van der Waals surface area contributed by atoms with Crippen LogP contribution in [-0.2, 0) is 0 Å². The van der Waals surface area contributed by atoms with Crippen LogP contribution in [0.5, 0.6) is 0 Å². The van der Waals surface area contributed by atoms with E-state index in [4.69, 9.17) is 11.5 Å². The Balaban J connectivity index is 3.03. The average molecular weight is 328 g/mol. The van der Waals surface area contributed by atoms with E-state index in [-0.39, 0.29) is 0 Å². The van der Waals surface area contributed by atoms with Crippen molar-refractivity contribution in [3.8, 4) is 11.1 Å². The number of anilines is 2. The monoisotopic (exact) mass is 328 g/mol. The highest BCUT2D eigenvalue weighted by Gasteiger charge is 2.32. The van der Waals surface area contributed by atoms with Gasteiger partial charge in [-0.05, 0) is 0 Å². The predicted octanol–water partition coefficient (Wildman–Crippen LogP) is 3.63. The highest BCUT2D eigenvalue weighted by molar-refractivity contribution is 5.77. The number of rotatable bonds is 1. The third kappa shape index (κ3) is 1.94. The second-order valence-electron chi connectivity index (χ2n) is 4.09. The largest absolute Gasteiger partial charge is 0.395 e. The normalized spacial score (nSPS) is 11.1. The first kappa shape index (κ1) is 15.9. The van der Waals surface area contributed by atoms with E-state index in [1.165, 1.54) is 0 Å². The Hall–Kier alpha value is -2.52. The summed E-state index contributed by atoms with van der Waals surface area (Å²) in [6.07, 6.45) is 0. The molecule has 118 valence electrons. The van der Waals surface area contributed by atoms with Crippen molar-refractivity contribution in [3.05, 3.63) is 46.5 Å². The molecular formula is C12H4F8N2. The lowest BCUT2D eigenvalue weighted by Crippen LogP contribution is -2.11. The smallest absolute Gasteiger partial charge is 0.200 e. The summed E-state index contributed by atoms with van der Waals surface area (Å²) < 4.78 is 107. The van der Waals surface area contributed by atoms with E-state index < -0.39 is 69.0 Å². The van der Waals surface area contributed by atoms with E-state index in [9.17, 15) is 35.1 Å². The van der Waals surface area contributed by atoms with Crippen molar-refractivity contribution in [2.75, 3.05) is 11.5 Å². The van der Waals surface area contributed by atoms with Crippen molar-refractivity contribution < 1.29 is 35.1 Å². The molecule has 0 saturated heterocycles. The Morgan fingerprint density at radius 3 is 1.09 bits per heavy atom. The van der Waals surface area contributed by atoms with Crippen molar-refractivity contribution >= 4 is 11.4 Å². The number of nitrogen functional groups attached to an aromatic ring is 2. The molecule has 2 aromatic carbocycles. The fourth-order valence-corrected chi connectivity index (χ4v) is 1.74. The molecule has 0 atom stereocenters. The average Bonchev–Trinajstić information content (AvgIpc) is 2.50. The number of nitrogens with two attached hydrogens (primary N) is 2. The van der Waals surface area contributed by atoms with E-state index in [1.807, 2.05) is 0 Å². The number of hydrogen-bond acceptors (Lipinski definition) is 2. The first-order chi connectivity index (χ1) is 10.1. The van der Waals surface area contributed by atoms with Crippen molar-refractivity contribution in [1.82, 2.24) is 0 Å². The quantitative estimate of drug-likeness (QED) is 0.363. The molecule has 0 aliphatic carbocycles. The summed E-state index contributed by atoms with van der Waals surface area (Å²) in [5.41, 5.74) is 3.61. The molecule has 0 unspecified atom stereocenters. The van der Waals surface area contributed by atoms with Gasteiger partial charge in [0.1, 0.15) is 0 Å². The molecular weight excluding hydrogens is 324 g/mol. The minimum absolute atomic E-state index is 1.21. The van der Waals surface area contributed by atoms with Gasteiger partial charge < -0.3 is 11.5 Å². The minimum atomic E-state index is -2.54. The molecule has 4 N–H and O–H groups in total. The Labute approximate surface area is 116 Å². The van der Waals surface area contributed by atoms with Crippen molar-refractivity contribution in [2.24, 2.45) is 0 Å². The first-order valence-electron chi connectivity index (χ1n) is 5.34. The van der Waals surface area contributed by atoms with Crippen LogP contribution in [0.3, 0.4) is 0 Å². The fourth-order valence-electron chi connectivity index (χ4n) is 1.74. The first-order valence-corrected chi connectivity index (χ1v) is 5.34. The zero-order chi connectivity index (χ0) is 16.9. The van der Waals surface area contributed by atoms with Gasteiger partial charge in [0, 0.05) is 0 Å². The molecule has 0 aliphatic rings. The van der Waals surface area contributed by atoms with Gasteiger partial charge in [-0.1, -0.05) is 0 Å². The van der Waals surface area contributed by atoms with Crippen LogP contribution in [0.25, 0.3) is 11.1 Å². The SMILES string of the molecule is Nc1c(N)c(F)c(-c2c(F)c(F)c(F)c(F)c2F)c(F)c1F. The molecule has 0 aliphatic heterocycles. The van der Waals surface area contributed by atoms with Crippen LogP contribution in [0.4, 0.5) is 46.5 Å². The highest BCUT2D eigenvalue weighted by Crippen LogP contribution is 2.39. The van der Waals surface area contributed by atoms with Crippen LogP contribution >= 0.6 is 0 Å². The molecule has 10 heteroatoms. The Bertz CT molecular complexity index is 677. The topological polar surface area (TPSA) is 52.0 Å². The Morgan fingerprint density at radius 1 is 0.364 bits per heavy atom. The summed E-state index contributed by atoms with van der Waals surface area (Å²) in [6, 6.07) is 0. The molecule has 0 radical (unpaired) electrons. The van der Waals surface area contributed by atoms with E-state index in [1.54, 1.807) is 0 Å². The van der Waals surface area contributed by atoms with Crippen LogP contribution in [0.15, 0.2) is 0 Å². The van der Waals surface area contributed by atoms with Gasteiger partial charge >= 0.3 is 0 Å². The molecule has 0 bridgehead atoms. The Kier molecular flexibility index (Phi) is 3.63. The standard InChI is InChI=1S/C12H4F8N2/c13-3-1(4(14)8(18)9(19)7(3)17)2-5(15)10(20)12(22)11(21)6(2)16/h21-22H2. The second kappa shape index (κ2) is 5.04. The van der Waals surface area contributed by atoms with E-state index >= 15 is 0 Å². The maximum absolute atomic E-state index is 13.8. The van der Waals surface area contributed by atoms with Gasteiger partial charge in [-0.2, -0.15) is 0 Å². The summed E-state index contributed by atoms with van der Waals surface area (Å²) in [7, 11) is 0. The zero-order valence-corrected chi connectivity index (χ0v) is 10.2. The summed E-state index contributed by atoms with van der Waals surface area (Å²) in [5, 5.41) is 0. The van der Waals surface area contributed by atoms with Gasteiger partial charge in [0.05, 0.1) is 22.5 Å². The van der Waals surface area contributed by atoms with E-state index in [0.717, 1.165) is 0 Å². The number of benzene rings is 2. The lowest BCUT2D eigenvalue weighted by atomic mass is 10.00. The van der Waals surface area contributed by atoms with Crippen molar-refractivity contribution in [2.45, 2.75) is 0 Å². The lowest BCUT2D eigenvalue weighted by molar-refractivity contribution is 0.380. The van der Waals surface area contributed by atoms with Crippen LogP contribution in [0, 0.1) is 46.5 Å². The Morgan fingerprint density at radius 2 is 0.636 bits per heavy atom. The predicted molar refractivity (Wildman–Crippen MR) is 60.4 cm³/mol.